The van der Waals surface area contributed by atoms with Crippen LogP contribution in [0.5, 0.6) is 0 Å². The Morgan fingerprint density at radius 3 is 2.94 bits per heavy atom. The van der Waals surface area contributed by atoms with E-state index >= 15 is 0 Å². The van der Waals surface area contributed by atoms with Crippen molar-refractivity contribution in [2.45, 2.75) is 0 Å². The number of benzene rings is 1. The van der Waals surface area contributed by atoms with E-state index < -0.39 is 0 Å². The summed E-state index contributed by atoms with van der Waals surface area (Å²) in [5, 5.41) is 12.9. The van der Waals surface area contributed by atoms with Crippen LogP contribution in [-0.2, 0) is 0 Å². The zero-order valence-electron chi connectivity index (χ0n) is 8.59. The second-order valence-corrected chi connectivity index (χ2v) is 5.65. The zero-order chi connectivity index (χ0) is 11.7. The van der Waals surface area contributed by atoms with E-state index in [0.29, 0.717) is 0 Å². The Bertz CT molecular complexity index is 667. The topological polar surface area (TPSA) is 50.7 Å². The van der Waals surface area contributed by atoms with Gasteiger partial charge in [-0.3, -0.25) is 4.98 Å². The predicted molar refractivity (Wildman–Crippen MR) is 72.6 cm³/mol. The van der Waals surface area contributed by atoms with Gasteiger partial charge in [0.2, 0.25) is 5.13 Å². The first-order valence-electron chi connectivity index (χ1n) is 4.92. The van der Waals surface area contributed by atoms with Gasteiger partial charge in [-0.25, -0.2) is 0 Å². The summed E-state index contributed by atoms with van der Waals surface area (Å²) in [6, 6.07) is 9.95. The molecule has 3 aromatic rings. The van der Waals surface area contributed by atoms with Gasteiger partial charge in [0, 0.05) is 17.3 Å². The summed E-state index contributed by atoms with van der Waals surface area (Å²) in [6.45, 7) is 0. The van der Waals surface area contributed by atoms with Gasteiger partial charge in [-0.2, -0.15) is 0 Å². The monoisotopic (exact) mass is 306 g/mol. The van der Waals surface area contributed by atoms with Crippen LogP contribution in [-0.4, -0.2) is 15.2 Å². The number of pyridine rings is 1. The van der Waals surface area contributed by atoms with Crippen LogP contribution in [0.4, 0.5) is 10.8 Å². The van der Waals surface area contributed by atoms with Crippen molar-refractivity contribution in [2.75, 3.05) is 5.32 Å². The maximum atomic E-state index is 4.27. The van der Waals surface area contributed by atoms with E-state index in [2.05, 4.69) is 36.4 Å². The first-order valence-corrected chi connectivity index (χ1v) is 6.53. The summed E-state index contributed by atoms with van der Waals surface area (Å²) >= 11 is 4.74. The van der Waals surface area contributed by atoms with E-state index in [1.807, 2.05) is 30.3 Å². The van der Waals surface area contributed by atoms with Crippen LogP contribution in [0.3, 0.4) is 0 Å². The van der Waals surface area contributed by atoms with Crippen molar-refractivity contribution in [2.24, 2.45) is 0 Å². The third-order valence-electron chi connectivity index (χ3n) is 2.25. The minimum absolute atomic E-state index is 0.764. The second kappa shape index (κ2) is 4.38. The Balaban J connectivity index is 1.95. The standard InChI is InChI=1S/C11H7BrN4S/c12-10-15-16-11(17-10)14-8-3-4-9-7(6-8)2-1-5-13-9/h1-6H,(H,14,16). The molecule has 0 aliphatic heterocycles. The maximum Gasteiger partial charge on any atom is 0.210 e. The average Bonchev–Trinajstić information content (AvgIpc) is 2.75. The van der Waals surface area contributed by atoms with Crippen LogP contribution in [0.25, 0.3) is 10.9 Å². The molecule has 0 aliphatic rings. The third kappa shape index (κ3) is 2.27. The summed E-state index contributed by atoms with van der Waals surface area (Å²) in [5.41, 5.74) is 1.96. The van der Waals surface area contributed by atoms with Gasteiger partial charge < -0.3 is 5.32 Å². The highest BCUT2D eigenvalue weighted by atomic mass is 79.9. The highest BCUT2D eigenvalue weighted by Gasteiger charge is 2.02. The van der Waals surface area contributed by atoms with Gasteiger partial charge in [-0.15, -0.1) is 10.2 Å². The SMILES string of the molecule is Brc1nnc(Nc2ccc3ncccc3c2)s1. The molecular formula is C11H7BrN4S. The Morgan fingerprint density at radius 1 is 1.18 bits per heavy atom. The molecule has 0 aliphatic carbocycles. The van der Waals surface area contributed by atoms with Gasteiger partial charge in [0.15, 0.2) is 3.92 Å². The molecule has 0 unspecified atom stereocenters. The highest BCUT2D eigenvalue weighted by molar-refractivity contribution is 9.11. The fourth-order valence-electron chi connectivity index (χ4n) is 1.53. The highest BCUT2D eigenvalue weighted by Crippen LogP contribution is 2.25. The lowest BCUT2D eigenvalue weighted by molar-refractivity contribution is 1.07. The third-order valence-corrected chi connectivity index (χ3v) is 3.53. The van der Waals surface area contributed by atoms with Gasteiger partial charge in [0.25, 0.3) is 0 Å². The van der Waals surface area contributed by atoms with E-state index in [-0.39, 0.29) is 0 Å². The molecule has 0 bridgehead atoms. The minimum atomic E-state index is 0.764. The Hall–Kier alpha value is -1.53. The van der Waals surface area contributed by atoms with Crippen LogP contribution in [0.1, 0.15) is 0 Å². The number of rotatable bonds is 2. The zero-order valence-corrected chi connectivity index (χ0v) is 11.0. The van der Waals surface area contributed by atoms with Gasteiger partial charge >= 0.3 is 0 Å². The molecule has 0 saturated carbocycles. The number of anilines is 2. The molecule has 2 heterocycles. The molecule has 6 heteroatoms. The van der Waals surface area contributed by atoms with E-state index in [0.717, 1.165) is 25.6 Å². The normalized spacial score (nSPS) is 10.6. The molecule has 0 fully saturated rings. The summed E-state index contributed by atoms with van der Waals surface area (Å²) < 4.78 is 0.766. The number of hydrogen-bond acceptors (Lipinski definition) is 5. The fraction of sp³-hybridized carbons (Fsp3) is 0. The van der Waals surface area contributed by atoms with Crippen LogP contribution in [0, 0.1) is 0 Å². The van der Waals surface area contributed by atoms with Crippen LogP contribution in [0.2, 0.25) is 0 Å². The largest absolute Gasteiger partial charge is 0.330 e. The lowest BCUT2D eigenvalue weighted by atomic mass is 10.2. The first kappa shape index (κ1) is 10.6. The second-order valence-electron chi connectivity index (χ2n) is 3.40. The summed E-state index contributed by atoms with van der Waals surface area (Å²) in [5.74, 6) is 0. The Kier molecular flexibility index (Phi) is 2.74. The van der Waals surface area contributed by atoms with E-state index in [1.165, 1.54) is 11.3 Å². The maximum absolute atomic E-state index is 4.27. The number of nitrogens with one attached hydrogen (secondary N) is 1. The lowest BCUT2D eigenvalue weighted by Gasteiger charge is -2.03. The van der Waals surface area contributed by atoms with Crippen molar-refractivity contribution in [3.63, 3.8) is 0 Å². The van der Waals surface area contributed by atoms with Gasteiger partial charge in [-0.1, -0.05) is 17.4 Å². The number of halogens is 1. The lowest BCUT2D eigenvalue weighted by Crippen LogP contribution is -1.89. The van der Waals surface area contributed by atoms with Gasteiger partial charge in [-0.05, 0) is 40.2 Å². The quantitative estimate of drug-likeness (QED) is 0.786. The van der Waals surface area contributed by atoms with Crippen molar-refractivity contribution in [1.82, 2.24) is 15.2 Å². The summed E-state index contributed by atoms with van der Waals surface area (Å²) in [6.07, 6.45) is 1.79. The molecule has 0 spiro atoms. The Morgan fingerprint density at radius 2 is 2.12 bits per heavy atom. The molecule has 1 N–H and O–H groups in total. The Labute approximate surface area is 110 Å². The average molecular weight is 307 g/mol. The van der Waals surface area contributed by atoms with Gasteiger partial charge in [0.05, 0.1) is 5.52 Å². The van der Waals surface area contributed by atoms with E-state index in [9.17, 15) is 0 Å². The molecule has 0 amide bonds. The number of nitrogens with zero attached hydrogens (tertiary/aromatic N) is 3. The number of fused-ring (bicyclic) bond motifs is 1. The summed E-state index contributed by atoms with van der Waals surface area (Å²) in [4.78, 5) is 4.27. The smallest absolute Gasteiger partial charge is 0.210 e. The van der Waals surface area contributed by atoms with Crippen LogP contribution >= 0.6 is 27.3 Å². The molecule has 1 aromatic carbocycles. The minimum Gasteiger partial charge on any atom is -0.330 e. The molecule has 0 atom stereocenters. The number of hydrogen-bond donors (Lipinski definition) is 1. The van der Waals surface area contributed by atoms with Crippen molar-refractivity contribution in [3.05, 3.63) is 40.4 Å². The van der Waals surface area contributed by atoms with Crippen molar-refractivity contribution >= 4 is 49.0 Å². The van der Waals surface area contributed by atoms with Gasteiger partial charge in [0.1, 0.15) is 0 Å². The molecule has 4 nitrogen and oxygen atoms in total. The first-order chi connectivity index (χ1) is 8.31. The van der Waals surface area contributed by atoms with Crippen LogP contribution < -0.4 is 5.32 Å². The molecule has 3 rings (SSSR count). The molecule has 17 heavy (non-hydrogen) atoms. The van der Waals surface area contributed by atoms with Crippen molar-refractivity contribution in [1.29, 1.82) is 0 Å². The van der Waals surface area contributed by atoms with Crippen molar-refractivity contribution in [3.8, 4) is 0 Å². The molecular weight excluding hydrogens is 300 g/mol. The predicted octanol–water partition coefficient (Wildman–Crippen LogP) is 3.59. The van der Waals surface area contributed by atoms with E-state index in [4.69, 9.17) is 0 Å². The number of aromatic nitrogens is 3. The molecule has 0 saturated heterocycles. The molecule has 2 aromatic heterocycles. The molecule has 84 valence electrons. The summed E-state index contributed by atoms with van der Waals surface area (Å²) in [7, 11) is 0. The van der Waals surface area contributed by atoms with Crippen LogP contribution in [0.15, 0.2) is 40.4 Å². The molecule has 0 radical (unpaired) electrons. The fourth-order valence-corrected chi connectivity index (χ4v) is 2.56. The van der Waals surface area contributed by atoms with Crippen molar-refractivity contribution < 1.29 is 0 Å². The van der Waals surface area contributed by atoms with E-state index in [1.54, 1.807) is 6.20 Å².